The molecule has 0 heterocycles. The van der Waals surface area contributed by atoms with E-state index in [1.54, 1.807) is 6.08 Å². The van der Waals surface area contributed by atoms with E-state index in [0.29, 0.717) is 13.2 Å². The molecular formula is C14H26O3. The number of carbonyl (C=O) groups is 1. The largest absolute Gasteiger partial charge is 0.465 e. The molecule has 0 bridgehead atoms. The Kier molecular flexibility index (Phi) is 11.1. The molecule has 0 aliphatic carbocycles. The highest BCUT2D eigenvalue weighted by atomic mass is 16.5. The number of rotatable bonds is 11. The zero-order valence-corrected chi connectivity index (χ0v) is 11.2. The maximum atomic E-state index is 11.3. The summed E-state index contributed by atoms with van der Waals surface area (Å²) in [5, 5.41) is 0. The van der Waals surface area contributed by atoms with Crippen molar-refractivity contribution in [1.29, 1.82) is 0 Å². The van der Waals surface area contributed by atoms with E-state index >= 15 is 0 Å². The van der Waals surface area contributed by atoms with Crippen LogP contribution in [0.4, 0.5) is 0 Å². The van der Waals surface area contributed by atoms with Crippen molar-refractivity contribution in [1.82, 2.24) is 0 Å². The molecule has 0 aromatic heterocycles. The van der Waals surface area contributed by atoms with E-state index in [2.05, 4.69) is 6.58 Å². The Morgan fingerprint density at radius 1 is 1.24 bits per heavy atom. The van der Waals surface area contributed by atoms with Crippen LogP contribution in [-0.4, -0.2) is 25.8 Å². The van der Waals surface area contributed by atoms with Crippen LogP contribution in [0.3, 0.4) is 0 Å². The van der Waals surface area contributed by atoms with Crippen molar-refractivity contribution in [3.05, 3.63) is 12.7 Å². The number of ether oxygens (including phenoxy) is 2. The van der Waals surface area contributed by atoms with Crippen molar-refractivity contribution < 1.29 is 14.3 Å². The Morgan fingerprint density at radius 2 is 1.88 bits per heavy atom. The van der Waals surface area contributed by atoms with Gasteiger partial charge >= 0.3 is 5.97 Å². The van der Waals surface area contributed by atoms with Crippen LogP contribution < -0.4 is 0 Å². The fourth-order valence-corrected chi connectivity index (χ4v) is 1.31. The topological polar surface area (TPSA) is 35.5 Å². The Labute approximate surface area is 105 Å². The molecule has 0 aromatic rings. The molecule has 100 valence electrons. The molecule has 3 heteroatoms. The van der Waals surface area contributed by atoms with Crippen molar-refractivity contribution in [3.8, 4) is 0 Å². The van der Waals surface area contributed by atoms with Crippen LogP contribution in [0.5, 0.6) is 0 Å². The van der Waals surface area contributed by atoms with Gasteiger partial charge in [0.05, 0.1) is 19.1 Å². The van der Waals surface area contributed by atoms with Gasteiger partial charge in [-0.2, -0.15) is 0 Å². The third-order valence-corrected chi connectivity index (χ3v) is 2.68. The summed E-state index contributed by atoms with van der Waals surface area (Å²) in [6.07, 6.45) is 6.83. The average molecular weight is 242 g/mol. The molecule has 0 spiro atoms. The second-order valence-electron chi connectivity index (χ2n) is 4.25. The minimum Gasteiger partial charge on any atom is -0.465 e. The Bertz CT molecular complexity index is 202. The van der Waals surface area contributed by atoms with Gasteiger partial charge in [-0.25, -0.2) is 0 Å². The van der Waals surface area contributed by atoms with E-state index in [1.165, 1.54) is 0 Å². The summed E-state index contributed by atoms with van der Waals surface area (Å²) in [5.74, 6) is -0.0379. The summed E-state index contributed by atoms with van der Waals surface area (Å²) in [6.45, 7) is 9.45. The van der Waals surface area contributed by atoms with Crippen LogP contribution in [0.1, 0.15) is 46.0 Å². The lowest BCUT2D eigenvalue weighted by molar-refractivity contribution is -0.148. The molecule has 0 fully saturated rings. The summed E-state index contributed by atoms with van der Waals surface area (Å²) in [4.78, 5) is 11.3. The number of hydrogen-bond acceptors (Lipinski definition) is 3. The minimum atomic E-state index is -0.0678. The molecule has 0 aliphatic heterocycles. The molecular weight excluding hydrogens is 216 g/mol. The summed E-state index contributed by atoms with van der Waals surface area (Å²) < 4.78 is 10.4. The second-order valence-corrected chi connectivity index (χ2v) is 4.25. The SMILES string of the molecule is C=CCOCCCCCCOC(=O)C(C)CC. The highest BCUT2D eigenvalue weighted by Crippen LogP contribution is 2.05. The minimum absolute atomic E-state index is 0.0299. The van der Waals surface area contributed by atoms with Crippen LogP contribution in [0, 0.1) is 5.92 Å². The highest BCUT2D eigenvalue weighted by molar-refractivity contribution is 5.71. The molecule has 0 saturated carbocycles. The van der Waals surface area contributed by atoms with Gasteiger partial charge in [0.25, 0.3) is 0 Å². The first-order valence-electron chi connectivity index (χ1n) is 6.57. The van der Waals surface area contributed by atoms with Crippen LogP contribution in [0.25, 0.3) is 0 Å². The van der Waals surface area contributed by atoms with Crippen LogP contribution >= 0.6 is 0 Å². The zero-order chi connectivity index (χ0) is 12.9. The van der Waals surface area contributed by atoms with Crippen LogP contribution in [0.2, 0.25) is 0 Å². The quantitative estimate of drug-likeness (QED) is 0.317. The molecule has 3 nitrogen and oxygen atoms in total. The fourth-order valence-electron chi connectivity index (χ4n) is 1.31. The predicted molar refractivity (Wildman–Crippen MR) is 69.9 cm³/mol. The fraction of sp³-hybridized carbons (Fsp3) is 0.786. The second kappa shape index (κ2) is 11.6. The van der Waals surface area contributed by atoms with Crippen LogP contribution in [0.15, 0.2) is 12.7 Å². The van der Waals surface area contributed by atoms with E-state index in [-0.39, 0.29) is 11.9 Å². The highest BCUT2D eigenvalue weighted by Gasteiger charge is 2.10. The molecule has 1 unspecified atom stereocenters. The van der Waals surface area contributed by atoms with Gasteiger partial charge in [-0.15, -0.1) is 6.58 Å². The Balaban J connectivity index is 3.18. The summed E-state index contributed by atoms with van der Waals surface area (Å²) >= 11 is 0. The first-order valence-corrected chi connectivity index (χ1v) is 6.57. The average Bonchev–Trinajstić information content (AvgIpc) is 2.35. The van der Waals surface area contributed by atoms with Gasteiger partial charge < -0.3 is 9.47 Å². The lowest BCUT2D eigenvalue weighted by Crippen LogP contribution is -2.14. The molecule has 17 heavy (non-hydrogen) atoms. The Hall–Kier alpha value is -0.830. The summed E-state index contributed by atoms with van der Waals surface area (Å²) in [7, 11) is 0. The van der Waals surface area contributed by atoms with Gasteiger partial charge in [-0.1, -0.05) is 26.3 Å². The lowest BCUT2D eigenvalue weighted by Gasteiger charge is -2.08. The van der Waals surface area contributed by atoms with Gasteiger partial charge in [0, 0.05) is 6.61 Å². The number of unbranched alkanes of at least 4 members (excludes halogenated alkanes) is 3. The smallest absolute Gasteiger partial charge is 0.308 e. The van der Waals surface area contributed by atoms with E-state index < -0.39 is 0 Å². The summed E-state index contributed by atoms with van der Waals surface area (Å²) in [6, 6.07) is 0. The van der Waals surface area contributed by atoms with Crippen molar-refractivity contribution in [3.63, 3.8) is 0 Å². The maximum absolute atomic E-state index is 11.3. The summed E-state index contributed by atoms with van der Waals surface area (Å²) in [5.41, 5.74) is 0. The van der Waals surface area contributed by atoms with E-state index in [4.69, 9.17) is 9.47 Å². The van der Waals surface area contributed by atoms with Gasteiger partial charge in [-0.3, -0.25) is 4.79 Å². The maximum Gasteiger partial charge on any atom is 0.308 e. The van der Waals surface area contributed by atoms with Crippen molar-refractivity contribution in [2.75, 3.05) is 19.8 Å². The van der Waals surface area contributed by atoms with Crippen molar-refractivity contribution >= 4 is 5.97 Å². The van der Waals surface area contributed by atoms with Crippen LogP contribution in [-0.2, 0) is 14.3 Å². The lowest BCUT2D eigenvalue weighted by atomic mass is 10.1. The van der Waals surface area contributed by atoms with Gasteiger partial charge in [-0.05, 0) is 25.7 Å². The van der Waals surface area contributed by atoms with Gasteiger partial charge in [0.1, 0.15) is 0 Å². The molecule has 0 amide bonds. The molecule has 0 aromatic carbocycles. The van der Waals surface area contributed by atoms with E-state index in [9.17, 15) is 4.79 Å². The first-order chi connectivity index (χ1) is 8.22. The van der Waals surface area contributed by atoms with Crippen molar-refractivity contribution in [2.24, 2.45) is 5.92 Å². The molecule has 1 atom stereocenters. The van der Waals surface area contributed by atoms with Gasteiger partial charge in [0.15, 0.2) is 0 Å². The number of esters is 1. The third kappa shape index (κ3) is 10.1. The van der Waals surface area contributed by atoms with Gasteiger partial charge in [0.2, 0.25) is 0 Å². The third-order valence-electron chi connectivity index (χ3n) is 2.68. The first kappa shape index (κ1) is 16.2. The number of hydrogen-bond donors (Lipinski definition) is 0. The van der Waals surface area contributed by atoms with E-state index in [1.807, 2.05) is 13.8 Å². The standard InChI is InChI=1S/C14H26O3/c1-4-10-16-11-8-6-7-9-12-17-14(15)13(3)5-2/h4,13H,1,5-12H2,2-3H3. The zero-order valence-electron chi connectivity index (χ0n) is 11.2. The molecule has 0 aliphatic rings. The van der Waals surface area contributed by atoms with Crippen molar-refractivity contribution in [2.45, 2.75) is 46.0 Å². The monoisotopic (exact) mass is 242 g/mol. The molecule has 0 N–H and O–H groups in total. The molecule has 0 saturated heterocycles. The van der Waals surface area contributed by atoms with E-state index in [0.717, 1.165) is 38.7 Å². The Morgan fingerprint density at radius 3 is 2.47 bits per heavy atom. The predicted octanol–water partition coefficient (Wildman–Crippen LogP) is 3.34. The number of carbonyl (C=O) groups excluding carboxylic acids is 1. The normalized spacial score (nSPS) is 12.1. The molecule has 0 radical (unpaired) electrons. The molecule has 0 rings (SSSR count).